The van der Waals surface area contributed by atoms with Crippen LogP contribution in [-0.2, 0) is 11.3 Å². The minimum absolute atomic E-state index is 0.320. The zero-order valence-electron chi connectivity index (χ0n) is 14.5. The maximum Gasteiger partial charge on any atom is 0.407 e. The largest absolute Gasteiger partial charge is 0.444 e. The average Bonchev–Trinajstić information content (AvgIpc) is 2.76. The van der Waals surface area contributed by atoms with Gasteiger partial charge in [0.25, 0.3) is 0 Å². The normalized spacial score (nSPS) is 13.2. The van der Waals surface area contributed by atoms with Crippen LogP contribution in [0.1, 0.15) is 46.1 Å². The monoisotopic (exact) mass is 311 g/mol. The topological polar surface area (TPSA) is 76.4 Å². The molecule has 0 radical (unpaired) electrons. The highest BCUT2D eigenvalue weighted by Gasteiger charge is 2.19. The van der Waals surface area contributed by atoms with Crippen LogP contribution >= 0.6 is 0 Å². The standard InChI is InChI=1S/C16H29N3O3/c1-11(2)13(9-18-15(20)21-16(4,5)6)8-17-10-14-7-12(3)22-19-14/h7,11,13,17H,8-10H2,1-6H3,(H,18,20). The van der Waals surface area contributed by atoms with Crippen molar-refractivity contribution < 1.29 is 14.1 Å². The van der Waals surface area contributed by atoms with Gasteiger partial charge in [-0.15, -0.1) is 0 Å². The summed E-state index contributed by atoms with van der Waals surface area (Å²) in [6.45, 7) is 13.8. The Morgan fingerprint density at radius 2 is 2.05 bits per heavy atom. The van der Waals surface area contributed by atoms with Crippen molar-refractivity contribution in [3.05, 3.63) is 17.5 Å². The van der Waals surface area contributed by atoms with Gasteiger partial charge in [-0.1, -0.05) is 19.0 Å². The number of nitrogens with zero attached hydrogens (tertiary/aromatic N) is 1. The third-order valence-corrected chi connectivity index (χ3v) is 3.24. The molecule has 1 aromatic heterocycles. The van der Waals surface area contributed by atoms with Crippen LogP contribution in [0.4, 0.5) is 4.79 Å². The van der Waals surface area contributed by atoms with E-state index in [-0.39, 0.29) is 6.09 Å². The number of hydrogen-bond acceptors (Lipinski definition) is 5. The van der Waals surface area contributed by atoms with Crippen molar-refractivity contribution >= 4 is 6.09 Å². The smallest absolute Gasteiger partial charge is 0.407 e. The first-order chi connectivity index (χ1) is 10.2. The minimum Gasteiger partial charge on any atom is -0.444 e. The van der Waals surface area contributed by atoms with Gasteiger partial charge in [0.05, 0.1) is 5.69 Å². The fraction of sp³-hybridized carbons (Fsp3) is 0.750. The van der Waals surface area contributed by atoms with E-state index >= 15 is 0 Å². The Balaban J connectivity index is 2.34. The first-order valence-electron chi connectivity index (χ1n) is 7.77. The molecule has 0 aromatic carbocycles. The summed E-state index contributed by atoms with van der Waals surface area (Å²) in [7, 11) is 0. The van der Waals surface area contributed by atoms with Crippen LogP contribution in [0.15, 0.2) is 10.6 Å². The second-order valence-corrected chi connectivity index (χ2v) is 6.95. The number of aromatic nitrogens is 1. The van der Waals surface area contributed by atoms with Gasteiger partial charge in [-0.25, -0.2) is 4.79 Å². The zero-order valence-corrected chi connectivity index (χ0v) is 14.5. The molecule has 1 atom stereocenters. The molecule has 22 heavy (non-hydrogen) atoms. The van der Waals surface area contributed by atoms with Gasteiger partial charge >= 0.3 is 6.09 Å². The van der Waals surface area contributed by atoms with E-state index in [1.165, 1.54) is 0 Å². The third-order valence-electron chi connectivity index (χ3n) is 3.24. The molecule has 0 spiro atoms. The van der Waals surface area contributed by atoms with E-state index in [4.69, 9.17) is 9.26 Å². The molecule has 0 bridgehead atoms. The molecule has 0 aliphatic carbocycles. The van der Waals surface area contributed by atoms with Crippen molar-refractivity contribution in [3.8, 4) is 0 Å². The highest BCUT2D eigenvalue weighted by molar-refractivity contribution is 5.67. The van der Waals surface area contributed by atoms with E-state index in [1.54, 1.807) is 0 Å². The first kappa shape index (κ1) is 18.5. The van der Waals surface area contributed by atoms with Gasteiger partial charge in [0.1, 0.15) is 11.4 Å². The number of alkyl carbamates (subject to hydrolysis) is 1. The summed E-state index contributed by atoms with van der Waals surface area (Å²) in [4.78, 5) is 11.7. The summed E-state index contributed by atoms with van der Waals surface area (Å²) >= 11 is 0. The van der Waals surface area contributed by atoms with Crippen molar-refractivity contribution in [1.82, 2.24) is 15.8 Å². The highest BCUT2D eigenvalue weighted by atomic mass is 16.6. The van der Waals surface area contributed by atoms with Crippen LogP contribution in [-0.4, -0.2) is 29.9 Å². The summed E-state index contributed by atoms with van der Waals surface area (Å²) in [5.74, 6) is 1.57. The fourth-order valence-electron chi connectivity index (χ4n) is 1.96. The van der Waals surface area contributed by atoms with E-state index < -0.39 is 5.60 Å². The summed E-state index contributed by atoms with van der Waals surface area (Å²) in [5.41, 5.74) is 0.417. The van der Waals surface area contributed by atoms with Crippen molar-refractivity contribution in [3.63, 3.8) is 0 Å². The van der Waals surface area contributed by atoms with Crippen molar-refractivity contribution in [1.29, 1.82) is 0 Å². The average molecular weight is 311 g/mol. The molecule has 2 N–H and O–H groups in total. The Labute approximate surface area is 133 Å². The fourth-order valence-corrected chi connectivity index (χ4v) is 1.96. The second-order valence-electron chi connectivity index (χ2n) is 6.95. The lowest BCUT2D eigenvalue weighted by Crippen LogP contribution is -2.39. The zero-order chi connectivity index (χ0) is 16.8. The molecule has 1 amide bonds. The number of aryl methyl sites for hydroxylation is 1. The molecule has 126 valence electrons. The summed E-state index contributed by atoms with van der Waals surface area (Å²) in [6.07, 6.45) is -0.370. The molecule has 0 aliphatic rings. The van der Waals surface area contributed by atoms with Gasteiger partial charge in [-0.05, 0) is 39.5 Å². The van der Waals surface area contributed by atoms with Gasteiger partial charge in [-0.3, -0.25) is 0 Å². The number of rotatable bonds is 7. The molecule has 0 fully saturated rings. The summed E-state index contributed by atoms with van der Waals surface area (Å²) in [5, 5.41) is 10.1. The summed E-state index contributed by atoms with van der Waals surface area (Å²) in [6, 6.07) is 1.91. The number of carbonyl (C=O) groups is 1. The Bertz CT molecular complexity index is 463. The molecule has 1 unspecified atom stereocenters. The van der Waals surface area contributed by atoms with Crippen LogP contribution in [0.2, 0.25) is 0 Å². The number of amides is 1. The molecule has 1 heterocycles. The predicted molar refractivity (Wildman–Crippen MR) is 85.5 cm³/mol. The Morgan fingerprint density at radius 1 is 1.36 bits per heavy atom. The molecule has 1 rings (SSSR count). The van der Waals surface area contributed by atoms with E-state index in [0.29, 0.717) is 24.9 Å². The van der Waals surface area contributed by atoms with E-state index in [0.717, 1.165) is 18.0 Å². The van der Waals surface area contributed by atoms with Gasteiger partial charge in [0.2, 0.25) is 0 Å². The predicted octanol–water partition coefficient (Wildman–Crippen LogP) is 2.87. The van der Waals surface area contributed by atoms with Gasteiger partial charge in [0.15, 0.2) is 0 Å². The van der Waals surface area contributed by atoms with E-state index in [9.17, 15) is 4.79 Å². The Morgan fingerprint density at radius 3 is 2.55 bits per heavy atom. The molecular formula is C16H29N3O3. The van der Waals surface area contributed by atoms with E-state index in [1.807, 2.05) is 33.8 Å². The third kappa shape index (κ3) is 7.45. The lowest BCUT2D eigenvalue weighted by Gasteiger charge is -2.24. The highest BCUT2D eigenvalue weighted by Crippen LogP contribution is 2.11. The van der Waals surface area contributed by atoms with Crippen LogP contribution in [0, 0.1) is 18.8 Å². The quantitative estimate of drug-likeness (QED) is 0.809. The van der Waals surface area contributed by atoms with Crippen molar-refractivity contribution in [2.24, 2.45) is 11.8 Å². The van der Waals surface area contributed by atoms with Crippen LogP contribution in [0.5, 0.6) is 0 Å². The molecule has 0 aliphatic heterocycles. The first-order valence-corrected chi connectivity index (χ1v) is 7.77. The minimum atomic E-state index is -0.472. The maximum absolute atomic E-state index is 11.7. The van der Waals surface area contributed by atoms with Crippen molar-refractivity contribution in [2.75, 3.05) is 13.1 Å². The second kappa shape index (κ2) is 8.17. The lowest BCUT2D eigenvalue weighted by molar-refractivity contribution is 0.0515. The van der Waals surface area contributed by atoms with Crippen LogP contribution < -0.4 is 10.6 Å². The lowest BCUT2D eigenvalue weighted by atomic mass is 9.96. The molecule has 1 aromatic rings. The number of ether oxygens (including phenoxy) is 1. The molecular weight excluding hydrogens is 282 g/mol. The number of nitrogens with one attached hydrogen (secondary N) is 2. The van der Waals surface area contributed by atoms with Crippen molar-refractivity contribution in [2.45, 2.75) is 53.7 Å². The van der Waals surface area contributed by atoms with Gasteiger partial charge in [-0.2, -0.15) is 0 Å². The van der Waals surface area contributed by atoms with Crippen LogP contribution in [0.3, 0.4) is 0 Å². The molecule has 6 heteroatoms. The van der Waals surface area contributed by atoms with Gasteiger partial charge < -0.3 is 19.9 Å². The molecule has 0 saturated carbocycles. The maximum atomic E-state index is 11.7. The van der Waals surface area contributed by atoms with Crippen LogP contribution in [0.25, 0.3) is 0 Å². The van der Waals surface area contributed by atoms with Gasteiger partial charge in [0, 0.05) is 25.7 Å². The Hall–Kier alpha value is -1.56. The molecule has 6 nitrogen and oxygen atoms in total. The molecule has 0 saturated heterocycles. The SMILES string of the molecule is Cc1cc(CNCC(CNC(=O)OC(C)(C)C)C(C)C)no1. The number of carbonyl (C=O) groups excluding carboxylic acids is 1. The Kier molecular flexibility index (Phi) is 6.87. The summed E-state index contributed by atoms with van der Waals surface area (Å²) < 4.78 is 10.3. The number of hydrogen-bond donors (Lipinski definition) is 2. The van der Waals surface area contributed by atoms with E-state index in [2.05, 4.69) is 29.6 Å².